The number of aliphatic hydroxyl groups excluding tert-OH is 1. The minimum absolute atomic E-state index is 0.0223. The molecule has 0 bridgehead atoms. The van der Waals surface area contributed by atoms with Crippen LogP contribution in [0.25, 0.3) is 0 Å². The van der Waals surface area contributed by atoms with Crippen LogP contribution in [-0.4, -0.2) is 77.3 Å². The summed E-state index contributed by atoms with van der Waals surface area (Å²) < 4.78 is 0. The molecule has 0 atom stereocenters. The van der Waals surface area contributed by atoms with Crippen molar-refractivity contribution in [3.05, 3.63) is 42.0 Å². The maximum Gasteiger partial charge on any atom is 0.253 e. The highest BCUT2D eigenvalue weighted by Gasteiger charge is 2.22. The topological polar surface area (TPSA) is 162 Å². The number of nitrogens with one attached hydrogen (secondary N) is 3. The van der Waals surface area contributed by atoms with E-state index in [1.54, 1.807) is 21.6 Å². The van der Waals surface area contributed by atoms with Gasteiger partial charge < -0.3 is 21.1 Å². The molecule has 11 nitrogen and oxygen atoms in total. The molecule has 13 heteroatoms. The summed E-state index contributed by atoms with van der Waals surface area (Å²) in [6, 6.07) is 7.66. The first-order valence-corrected chi connectivity index (χ1v) is 15.4. The SMILES string of the molecule is O=C(CCC(=O)NCC(=O)NCCCSSc1ccc(CO)cc1)CNC(=O)CCCCCN1C(=O)C=CC1=O. The Morgan fingerprint density at radius 3 is 2.12 bits per heavy atom. The maximum absolute atomic E-state index is 12.0. The Bertz CT molecular complexity index is 1050. The number of Topliss-reactive ketones (excluding diaryl/α,β-unsaturated/α-hetero) is 1. The van der Waals surface area contributed by atoms with Crippen molar-refractivity contribution < 1.29 is 33.9 Å². The molecule has 0 aromatic heterocycles. The molecular formula is C27H36N4O7S2. The van der Waals surface area contributed by atoms with E-state index >= 15 is 0 Å². The number of rotatable bonds is 20. The highest BCUT2D eigenvalue weighted by Crippen LogP contribution is 2.31. The summed E-state index contributed by atoms with van der Waals surface area (Å²) in [4.78, 5) is 72.8. The molecule has 1 aliphatic rings. The lowest BCUT2D eigenvalue weighted by atomic mass is 10.1. The van der Waals surface area contributed by atoms with Crippen LogP contribution in [0.2, 0.25) is 0 Å². The van der Waals surface area contributed by atoms with E-state index < -0.39 is 5.91 Å². The van der Waals surface area contributed by atoms with E-state index in [1.807, 2.05) is 24.3 Å². The van der Waals surface area contributed by atoms with Gasteiger partial charge in [0.15, 0.2) is 5.78 Å². The summed E-state index contributed by atoms with van der Waals surface area (Å²) in [6.45, 7) is 0.489. The second-order valence-corrected chi connectivity index (χ2v) is 11.5. The minimum Gasteiger partial charge on any atom is -0.392 e. The summed E-state index contributed by atoms with van der Waals surface area (Å²) in [5, 5.41) is 16.8. The van der Waals surface area contributed by atoms with E-state index in [-0.39, 0.29) is 68.4 Å². The molecule has 4 N–H and O–H groups in total. The first-order chi connectivity index (χ1) is 19.3. The van der Waals surface area contributed by atoms with Crippen molar-refractivity contribution in [2.45, 2.75) is 56.4 Å². The van der Waals surface area contributed by atoms with Crippen molar-refractivity contribution >= 4 is 56.9 Å². The number of ketones is 1. The molecule has 1 aromatic rings. The lowest BCUT2D eigenvalue weighted by Gasteiger charge is -2.13. The number of hydrogen-bond acceptors (Lipinski definition) is 9. The second kappa shape index (κ2) is 19.0. The van der Waals surface area contributed by atoms with Gasteiger partial charge >= 0.3 is 0 Å². The van der Waals surface area contributed by atoms with Gasteiger partial charge in [-0.2, -0.15) is 0 Å². The number of carbonyl (C=O) groups excluding carboxylic acids is 6. The third-order valence-electron chi connectivity index (χ3n) is 5.73. The summed E-state index contributed by atoms with van der Waals surface area (Å²) in [6.07, 6.45) is 5.16. The second-order valence-electron chi connectivity index (χ2n) is 8.98. The Morgan fingerprint density at radius 1 is 0.750 bits per heavy atom. The monoisotopic (exact) mass is 592 g/mol. The van der Waals surface area contributed by atoms with Crippen molar-refractivity contribution in [2.24, 2.45) is 0 Å². The van der Waals surface area contributed by atoms with Crippen LogP contribution >= 0.6 is 21.6 Å². The van der Waals surface area contributed by atoms with E-state index in [2.05, 4.69) is 16.0 Å². The van der Waals surface area contributed by atoms with Crippen molar-refractivity contribution in [2.75, 3.05) is 31.9 Å². The zero-order valence-electron chi connectivity index (χ0n) is 22.3. The zero-order chi connectivity index (χ0) is 29.2. The Hall–Kier alpha value is -3.16. The van der Waals surface area contributed by atoms with Gasteiger partial charge in [0, 0.05) is 55.2 Å². The molecule has 40 heavy (non-hydrogen) atoms. The quantitative estimate of drug-likeness (QED) is 0.0999. The summed E-state index contributed by atoms with van der Waals surface area (Å²) >= 11 is 0. The largest absolute Gasteiger partial charge is 0.392 e. The van der Waals surface area contributed by atoms with Crippen LogP contribution in [0.4, 0.5) is 0 Å². The lowest BCUT2D eigenvalue weighted by Crippen LogP contribution is -2.37. The van der Waals surface area contributed by atoms with E-state index in [0.717, 1.165) is 27.5 Å². The van der Waals surface area contributed by atoms with Crippen LogP contribution in [0.1, 0.15) is 50.5 Å². The highest BCUT2D eigenvalue weighted by molar-refractivity contribution is 8.76. The number of nitrogens with zero attached hydrogens (tertiary/aromatic N) is 1. The molecule has 1 aliphatic heterocycles. The first kappa shape index (κ1) is 33.0. The van der Waals surface area contributed by atoms with Gasteiger partial charge in [-0.25, -0.2) is 0 Å². The van der Waals surface area contributed by atoms with Crippen molar-refractivity contribution in [3.63, 3.8) is 0 Å². The van der Waals surface area contributed by atoms with Gasteiger partial charge in [-0.15, -0.1) is 0 Å². The van der Waals surface area contributed by atoms with Crippen LogP contribution in [-0.2, 0) is 35.4 Å². The normalized spacial score (nSPS) is 12.5. The number of imide groups is 1. The molecule has 0 unspecified atom stereocenters. The number of carbonyl (C=O) groups is 6. The number of unbranched alkanes of at least 4 members (excludes halogenated alkanes) is 2. The molecule has 0 saturated heterocycles. The van der Waals surface area contributed by atoms with Gasteiger partial charge in [0.25, 0.3) is 11.8 Å². The molecule has 5 amide bonds. The molecule has 0 fully saturated rings. The highest BCUT2D eigenvalue weighted by atomic mass is 33.1. The third-order valence-corrected chi connectivity index (χ3v) is 8.20. The number of aliphatic hydroxyl groups is 1. The predicted molar refractivity (Wildman–Crippen MR) is 153 cm³/mol. The molecule has 1 heterocycles. The Morgan fingerprint density at radius 2 is 1.43 bits per heavy atom. The number of amides is 5. The summed E-state index contributed by atoms with van der Waals surface area (Å²) in [5.74, 6) is -1.10. The Kier molecular flexibility index (Phi) is 15.7. The zero-order valence-corrected chi connectivity index (χ0v) is 23.9. The molecule has 0 aliphatic carbocycles. The minimum atomic E-state index is -0.417. The lowest BCUT2D eigenvalue weighted by molar-refractivity contribution is -0.137. The first-order valence-electron chi connectivity index (χ1n) is 13.1. The molecular weight excluding hydrogens is 556 g/mol. The summed E-state index contributed by atoms with van der Waals surface area (Å²) in [5.41, 5.74) is 0.868. The summed E-state index contributed by atoms with van der Waals surface area (Å²) in [7, 11) is 3.29. The molecule has 2 rings (SSSR count). The number of hydrogen-bond donors (Lipinski definition) is 4. The molecule has 0 spiro atoms. The average Bonchev–Trinajstić information content (AvgIpc) is 3.28. The molecule has 0 radical (unpaired) electrons. The van der Waals surface area contributed by atoms with Gasteiger partial charge in [0.05, 0.1) is 19.7 Å². The fourth-order valence-corrected chi connectivity index (χ4v) is 5.53. The molecule has 0 saturated carbocycles. The van der Waals surface area contributed by atoms with Crippen molar-refractivity contribution in [1.82, 2.24) is 20.9 Å². The van der Waals surface area contributed by atoms with Gasteiger partial charge in [-0.1, -0.05) is 40.1 Å². The van der Waals surface area contributed by atoms with Gasteiger partial charge in [-0.05, 0) is 37.0 Å². The van der Waals surface area contributed by atoms with Gasteiger partial charge in [0.1, 0.15) is 0 Å². The smallest absolute Gasteiger partial charge is 0.253 e. The van der Waals surface area contributed by atoms with E-state index in [9.17, 15) is 28.8 Å². The van der Waals surface area contributed by atoms with Crippen LogP contribution in [0, 0.1) is 0 Å². The van der Waals surface area contributed by atoms with Crippen LogP contribution < -0.4 is 16.0 Å². The number of benzene rings is 1. The van der Waals surface area contributed by atoms with Crippen LogP contribution in [0.3, 0.4) is 0 Å². The Balaban J connectivity index is 1.41. The fourth-order valence-electron chi connectivity index (χ4n) is 3.46. The Labute approximate surface area is 241 Å². The maximum atomic E-state index is 12.0. The standard InChI is InChI=1S/C27H36N4O7S2/c32-19-20-6-9-22(10-7-20)40-39-16-4-14-28-25(36)18-30-24(35)11-8-21(33)17-29-23(34)5-2-1-3-15-31-26(37)12-13-27(31)38/h6-7,9-10,12-13,32H,1-5,8,11,14-19H2,(H,28,36)(H,29,34)(H,30,35). The van der Waals surface area contributed by atoms with Crippen LogP contribution in [0.15, 0.2) is 41.3 Å². The predicted octanol–water partition coefficient (Wildman–Crippen LogP) is 1.49. The van der Waals surface area contributed by atoms with E-state index in [4.69, 9.17) is 5.11 Å². The van der Waals surface area contributed by atoms with E-state index in [0.29, 0.717) is 32.4 Å². The van der Waals surface area contributed by atoms with E-state index in [1.165, 1.54) is 12.2 Å². The molecule has 218 valence electrons. The third kappa shape index (κ3) is 13.8. The van der Waals surface area contributed by atoms with Gasteiger partial charge in [-0.3, -0.25) is 33.7 Å². The molecule has 1 aromatic carbocycles. The fraction of sp³-hybridized carbons (Fsp3) is 0.481. The van der Waals surface area contributed by atoms with Crippen LogP contribution in [0.5, 0.6) is 0 Å². The van der Waals surface area contributed by atoms with Crippen molar-refractivity contribution in [3.8, 4) is 0 Å². The van der Waals surface area contributed by atoms with Crippen molar-refractivity contribution in [1.29, 1.82) is 0 Å². The van der Waals surface area contributed by atoms with Gasteiger partial charge in [0.2, 0.25) is 17.7 Å². The average molecular weight is 593 g/mol.